The van der Waals surface area contributed by atoms with Gasteiger partial charge < -0.3 is 11.1 Å². The fourth-order valence-corrected chi connectivity index (χ4v) is 1.92. The lowest BCUT2D eigenvalue weighted by Crippen LogP contribution is -2.42. The van der Waals surface area contributed by atoms with Crippen LogP contribution in [0.4, 0.5) is 0 Å². The van der Waals surface area contributed by atoms with Gasteiger partial charge in [0.1, 0.15) is 6.04 Å². The van der Waals surface area contributed by atoms with Crippen LogP contribution in [0.2, 0.25) is 0 Å². The van der Waals surface area contributed by atoms with Crippen molar-refractivity contribution in [2.45, 2.75) is 39.8 Å². The van der Waals surface area contributed by atoms with E-state index >= 15 is 0 Å². The summed E-state index contributed by atoms with van der Waals surface area (Å²) < 4.78 is 1.85. The Bertz CT molecular complexity index is 384. The molecule has 0 radical (unpaired) electrons. The van der Waals surface area contributed by atoms with Gasteiger partial charge in [-0.2, -0.15) is 5.10 Å². The molecule has 3 N–H and O–H groups in total. The van der Waals surface area contributed by atoms with Crippen molar-refractivity contribution in [1.82, 2.24) is 15.1 Å². The molecule has 1 amide bonds. The molecule has 0 saturated heterocycles. The van der Waals surface area contributed by atoms with Gasteiger partial charge in [0.15, 0.2) is 0 Å². The summed E-state index contributed by atoms with van der Waals surface area (Å²) in [6.45, 7) is 6.59. The van der Waals surface area contributed by atoms with E-state index in [9.17, 15) is 4.79 Å². The second-order valence-corrected chi connectivity index (χ2v) is 3.93. The van der Waals surface area contributed by atoms with Crippen LogP contribution in [0.25, 0.3) is 0 Å². The molecule has 1 heterocycles. The maximum atomic E-state index is 11.1. The molecule has 1 aromatic rings. The fraction of sp³-hybridized carbons (Fsp3) is 0.636. The first kappa shape index (κ1) is 12.7. The number of rotatable bonds is 5. The van der Waals surface area contributed by atoms with Gasteiger partial charge in [-0.05, 0) is 32.9 Å². The molecule has 0 spiro atoms. The van der Waals surface area contributed by atoms with Crippen LogP contribution in [0, 0.1) is 13.8 Å². The largest absolute Gasteiger partial charge is 0.368 e. The van der Waals surface area contributed by atoms with Crippen molar-refractivity contribution in [1.29, 1.82) is 0 Å². The Morgan fingerprint density at radius 3 is 2.56 bits per heavy atom. The normalized spacial score (nSPS) is 12.8. The minimum absolute atomic E-state index is 0.354. The molecule has 1 unspecified atom stereocenters. The first-order valence-electron chi connectivity index (χ1n) is 5.50. The second-order valence-electron chi connectivity index (χ2n) is 3.93. The highest BCUT2D eigenvalue weighted by molar-refractivity contribution is 5.79. The molecular formula is C11H20N4O. The number of likely N-dealkylation sites (N-methyl/N-ethyl adjacent to an activating group) is 1. The maximum absolute atomic E-state index is 11.1. The van der Waals surface area contributed by atoms with Gasteiger partial charge in [-0.3, -0.25) is 9.48 Å². The number of nitrogens with two attached hydrogens (primary N) is 1. The molecule has 0 fully saturated rings. The highest BCUT2D eigenvalue weighted by Crippen LogP contribution is 2.13. The quantitative estimate of drug-likeness (QED) is 0.747. The Morgan fingerprint density at radius 1 is 1.56 bits per heavy atom. The summed E-state index contributed by atoms with van der Waals surface area (Å²) in [5, 5.41) is 7.31. The van der Waals surface area contributed by atoms with Crippen LogP contribution < -0.4 is 11.1 Å². The number of nitrogens with one attached hydrogen (secondary N) is 1. The van der Waals surface area contributed by atoms with Gasteiger partial charge in [0.25, 0.3) is 0 Å². The molecule has 90 valence electrons. The average molecular weight is 224 g/mol. The Kier molecular flexibility index (Phi) is 4.06. The number of carbonyl (C=O) groups is 1. The fourth-order valence-electron chi connectivity index (χ4n) is 1.92. The number of primary amides is 1. The van der Waals surface area contributed by atoms with Gasteiger partial charge in [0.2, 0.25) is 5.91 Å². The number of nitrogens with zero attached hydrogens (tertiary/aromatic N) is 2. The van der Waals surface area contributed by atoms with E-state index in [1.165, 1.54) is 5.56 Å². The molecule has 5 heteroatoms. The smallest absolute Gasteiger partial charge is 0.236 e. The standard InChI is InChI=1S/C11H20N4O/c1-5-9-7(2)14-15(8(9)3)6-10(13-4)11(12)16/h10,13H,5-6H2,1-4H3,(H2,12,16). The third kappa shape index (κ3) is 2.41. The van der Waals surface area contributed by atoms with Gasteiger partial charge >= 0.3 is 0 Å². The molecule has 0 bridgehead atoms. The lowest BCUT2D eigenvalue weighted by atomic mass is 10.1. The van der Waals surface area contributed by atoms with Gasteiger partial charge in [0, 0.05) is 5.69 Å². The molecule has 1 aromatic heterocycles. The summed E-state index contributed by atoms with van der Waals surface area (Å²) in [7, 11) is 1.72. The summed E-state index contributed by atoms with van der Waals surface area (Å²) in [5.74, 6) is -0.354. The average Bonchev–Trinajstić information content (AvgIpc) is 2.49. The Hall–Kier alpha value is -1.36. The van der Waals surface area contributed by atoms with E-state index in [2.05, 4.69) is 17.3 Å². The van der Waals surface area contributed by atoms with Crippen molar-refractivity contribution in [3.8, 4) is 0 Å². The summed E-state index contributed by atoms with van der Waals surface area (Å²) >= 11 is 0. The minimum atomic E-state index is -0.372. The zero-order valence-corrected chi connectivity index (χ0v) is 10.4. The monoisotopic (exact) mass is 224 g/mol. The first-order valence-corrected chi connectivity index (χ1v) is 5.50. The third-order valence-corrected chi connectivity index (χ3v) is 2.93. The van der Waals surface area contributed by atoms with Crippen molar-refractivity contribution in [2.75, 3.05) is 7.05 Å². The number of aromatic nitrogens is 2. The molecule has 1 atom stereocenters. The van der Waals surface area contributed by atoms with Gasteiger partial charge in [0.05, 0.1) is 12.2 Å². The third-order valence-electron chi connectivity index (χ3n) is 2.93. The Balaban J connectivity index is 2.93. The Labute approximate surface area is 96.0 Å². The summed E-state index contributed by atoms with van der Waals surface area (Å²) in [6.07, 6.45) is 0.957. The van der Waals surface area contributed by atoms with Crippen LogP contribution >= 0.6 is 0 Å². The van der Waals surface area contributed by atoms with Gasteiger partial charge in [-0.15, -0.1) is 0 Å². The van der Waals surface area contributed by atoms with Gasteiger partial charge in [-0.1, -0.05) is 6.92 Å². The molecule has 0 aliphatic carbocycles. The van der Waals surface area contributed by atoms with Crippen LogP contribution in [0.3, 0.4) is 0 Å². The molecule has 0 aliphatic rings. The van der Waals surface area contributed by atoms with Crippen LogP contribution in [0.15, 0.2) is 0 Å². The number of aryl methyl sites for hydroxylation is 1. The number of hydrogen-bond donors (Lipinski definition) is 2. The van der Waals surface area contributed by atoms with E-state index in [4.69, 9.17) is 5.73 Å². The first-order chi connectivity index (χ1) is 7.51. The number of hydrogen-bond acceptors (Lipinski definition) is 3. The van der Waals surface area contributed by atoms with Crippen molar-refractivity contribution >= 4 is 5.91 Å². The van der Waals surface area contributed by atoms with E-state index in [1.54, 1.807) is 7.05 Å². The van der Waals surface area contributed by atoms with Crippen molar-refractivity contribution in [2.24, 2.45) is 5.73 Å². The molecular weight excluding hydrogens is 204 g/mol. The molecule has 16 heavy (non-hydrogen) atoms. The van der Waals surface area contributed by atoms with Crippen molar-refractivity contribution in [3.05, 3.63) is 17.0 Å². The molecule has 5 nitrogen and oxygen atoms in total. The molecule has 1 rings (SSSR count). The predicted molar refractivity (Wildman–Crippen MR) is 63.1 cm³/mol. The van der Waals surface area contributed by atoms with Crippen LogP contribution in [0.5, 0.6) is 0 Å². The highest BCUT2D eigenvalue weighted by Gasteiger charge is 2.17. The van der Waals surface area contributed by atoms with E-state index in [1.807, 2.05) is 18.5 Å². The second kappa shape index (κ2) is 5.12. The SMILES string of the molecule is CCc1c(C)nn(CC(NC)C(N)=O)c1C. The van der Waals surface area contributed by atoms with E-state index < -0.39 is 0 Å². The van der Waals surface area contributed by atoms with Gasteiger partial charge in [-0.25, -0.2) is 0 Å². The maximum Gasteiger partial charge on any atom is 0.236 e. The van der Waals surface area contributed by atoms with Crippen LogP contribution in [-0.2, 0) is 17.8 Å². The van der Waals surface area contributed by atoms with Crippen LogP contribution in [-0.4, -0.2) is 28.8 Å². The van der Waals surface area contributed by atoms with E-state index in [-0.39, 0.29) is 11.9 Å². The van der Waals surface area contributed by atoms with E-state index in [0.29, 0.717) is 6.54 Å². The summed E-state index contributed by atoms with van der Waals surface area (Å²) in [6, 6.07) is -0.372. The molecule has 0 aromatic carbocycles. The Morgan fingerprint density at radius 2 is 2.19 bits per heavy atom. The van der Waals surface area contributed by atoms with Crippen LogP contribution in [0.1, 0.15) is 23.9 Å². The molecule has 0 saturated carbocycles. The lowest BCUT2D eigenvalue weighted by molar-refractivity contribution is -0.120. The minimum Gasteiger partial charge on any atom is -0.368 e. The van der Waals surface area contributed by atoms with Crippen molar-refractivity contribution < 1.29 is 4.79 Å². The zero-order valence-electron chi connectivity index (χ0n) is 10.4. The number of amides is 1. The van der Waals surface area contributed by atoms with E-state index in [0.717, 1.165) is 17.8 Å². The predicted octanol–water partition coefficient (Wildman–Crippen LogP) is 0.136. The lowest BCUT2D eigenvalue weighted by Gasteiger charge is -2.13. The summed E-state index contributed by atoms with van der Waals surface area (Å²) in [4.78, 5) is 11.1. The van der Waals surface area contributed by atoms with Crippen molar-refractivity contribution in [3.63, 3.8) is 0 Å². The summed E-state index contributed by atoms with van der Waals surface area (Å²) in [5.41, 5.74) is 8.67. The number of carbonyl (C=O) groups excluding carboxylic acids is 1. The topological polar surface area (TPSA) is 72.9 Å². The zero-order chi connectivity index (χ0) is 12.3. The molecule has 0 aliphatic heterocycles. The highest BCUT2D eigenvalue weighted by atomic mass is 16.1.